The largest absolute Gasteiger partial charge is 0.483 e. The van der Waals surface area contributed by atoms with Crippen LogP contribution in [0.3, 0.4) is 0 Å². The molecule has 7 nitrogen and oxygen atoms in total. The number of ether oxygens (including phenoxy) is 5. The Bertz CT molecular complexity index is 765. The van der Waals surface area contributed by atoms with E-state index in [-0.39, 0.29) is 23.9 Å². The summed E-state index contributed by atoms with van der Waals surface area (Å²) in [6.45, 7) is 12.5. The Hall–Kier alpha value is -0.950. The van der Waals surface area contributed by atoms with Crippen molar-refractivity contribution in [2.75, 3.05) is 41.0 Å². The molecule has 8 heteroatoms. The summed E-state index contributed by atoms with van der Waals surface area (Å²) in [6, 6.07) is 4.28. The van der Waals surface area contributed by atoms with Crippen molar-refractivity contribution in [3.05, 3.63) is 23.3 Å². The predicted octanol–water partition coefficient (Wildman–Crippen LogP) is 5.67. The van der Waals surface area contributed by atoms with E-state index in [0.717, 1.165) is 41.9 Å². The van der Waals surface area contributed by atoms with E-state index in [2.05, 4.69) is 26.8 Å². The van der Waals surface area contributed by atoms with Crippen LogP contribution in [-0.2, 0) is 35.8 Å². The van der Waals surface area contributed by atoms with Crippen molar-refractivity contribution < 1.29 is 32.7 Å². The van der Waals surface area contributed by atoms with Crippen LogP contribution in [0.25, 0.3) is 0 Å². The van der Waals surface area contributed by atoms with Gasteiger partial charge in [-0.3, -0.25) is 0 Å². The molecule has 0 N–H and O–H groups in total. The van der Waals surface area contributed by atoms with E-state index in [0.29, 0.717) is 32.1 Å². The average Bonchev–Trinajstić information content (AvgIpc) is 2.77. The first-order valence-corrected chi connectivity index (χ1v) is 13.3. The number of fused-ring (bicyclic) bond motifs is 2. The van der Waals surface area contributed by atoms with Crippen molar-refractivity contribution in [2.45, 2.75) is 71.7 Å². The molecule has 2 aliphatic rings. The Morgan fingerprint density at radius 3 is 2.36 bits per heavy atom. The highest BCUT2D eigenvalue weighted by Crippen LogP contribution is 2.56. The molecule has 3 rings (SSSR count). The third kappa shape index (κ3) is 6.01. The first-order chi connectivity index (χ1) is 15.8. The fraction of sp³-hybridized carbons (Fsp3) is 0.760. The first kappa shape index (κ1) is 26.7. The Kier molecular flexibility index (Phi) is 9.41. The second kappa shape index (κ2) is 11.7. The summed E-state index contributed by atoms with van der Waals surface area (Å²) >= 11 is 0. The molecule has 1 aliphatic heterocycles. The van der Waals surface area contributed by atoms with Gasteiger partial charge in [-0.15, -0.1) is 0 Å². The Morgan fingerprint density at radius 1 is 1.03 bits per heavy atom. The second-order valence-electron chi connectivity index (χ2n) is 9.55. The van der Waals surface area contributed by atoms with E-state index >= 15 is 0 Å². The molecule has 0 bridgehead atoms. The van der Waals surface area contributed by atoms with Gasteiger partial charge in [0.25, 0.3) is 0 Å². The van der Waals surface area contributed by atoms with E-state index in [1.807, 2.05) is 19.9 Å². The van der Waals surface area contributed by atoms with Crippen molar-refractivity contribution >= 4 is 8.38 Å². The quantitative estimate of drug-likeness (QED) is 0.280. The molecule has 33 heavy (non-hydrogen) atoms. The minimum absolute atomic E-state index is 0.0734. The van der Waals surface area contributed by atoms with Crippen LogP contribution in [0, 0.1) is 11.3 Å². The van der Waals surface area contributed by atoms with Gasteiger partial charge in [0, 0.05) is 26.3 Å². The monoisotopic (exact) mass is 484 g/mol. The Labute approximate surface area is 200 Å². The van der Waals surface area contributed by atoms with Crippen molar-refractivity contribution in [1.29, 1.82) is 0 Å². The van der Waals surface area contributed by atoms with E-state index in [1.165, 1.54) is 0 Å². The van der Waals surface area contributed by atoms with Gasteiger partial charge in [-0.2, -0.15) is 0 Å². The van der Waals surface area contributed by atoms with Gasteiger partial charge in [0.05, 0.1) is 19.3 Å². The van der Waals surface area contributed by atoms with Gasteiger partial charge in [-0.1, -0.05) is 19.9 Å². The number of rotatable bonds is 12. The molecule has 1 saturated carbocycles. The van der Waals surface area contributed by atoms with Crippen LogP contribution < -0.4 is 9.47 Å². The normalized spacial score (nSPS) is 25.9. The lowest BCUT2D eigenvalue weighted by atomic mass is 9.57. The van der Waals surface area contributed by atoms with Gasteiger partial charge in [0.2, 0.25) is 0 Å². The summed E-state index contributed by atoms with van der Waals surface area (Å²) in [4.78, 5) is 0. The zero-order chi connectivity index (χ0) is 24.1. The smallest absolute Gasteiger partial charge is 0.188 e. The van der Waals surface area contributed by atoms with Gasteiger partial charge < -0.3 is 32.7 Å². The van der Waals surface area contributed by atoms with Crippen LogP contribution in [-0.4, -0.2) is 52.7 Å². The van der Waals surface area contributed by atoms with E-state index < -0.39 is 8.38 Å². The molecule has 0 saturated heterocycles. The molecular weight excluding hydrogens is 443 g/mol. The number of hydrogen-bond acceptors (Lipinski definition) is 7. The zero-order valence-corrected chi connectivity index (χ0v) is 22.2. The molecular formula is C25H41O7P. The Balaban J connectivity index is 1.94. The minimum Gasteiger partial charge on any atom is -0.483 e. The molecule has 0 amide bonds. The maximum Gasteiger partial charge on any atom is 0.188 e. The maximum atomic E-state index is 6.77. The average molecular weight is 485 g/mol. The van der Waals surface area contributed by atoms with Crippen LogP contribution in [0.15, 0.2) is 12.1 Å². The maximum absolute atomic E-state index is 6.77. The molecule has 0 spiro atoms. The molecule has 0 radical (unpaired) electrons. The summed E-state index contributed by atoms with van der Waals surface area (Å²) < 4.78 is 40.9. The second-order valence-corrected chi connectivity index (χ2v) is 11.1. The Morgan fingerprint density at radius 2 is 1.73 bits per heavy atom. The number of methoxy groups -OCH3 is 2. The third-order valence-corrected chi connectivity index (χ3v) is 8.61. The summed E-state index contributed by atoms with van der Waals surface area (Å²) in [5, 5.41) is 0. The van der Waals surface area contributed by atoms with Gasteiger partial charge in [-0.05, 0) is 62.6 Å². The summed E-state index contributed by atoms with van der Waals surface area (Å²) in [7, 11) is 2.30. The number of benzene rings is 1. The van der Waals surface area contributed by atoms with Crippen molar-refractivity contribution in [1.82, 2.24) is 0 Å². The minimum atomic E-state index is -0.996. The summed E-state index contributed by atoms with van der Waals surface area (Å²) in [5.74, 6) is 1.85. The lowest BCUT2D eigenvalue weighted by Crippen LogP contribution is -2.59. The van der Waals surface area contributed by atoms with Crippen LogP contribution >= 0.6 is 8.38 Å². The van der Waals surface area contributed by atoms with Crippen molar-refractivity contribution in [3.8, 4) is 11.5 Å². The molecule has 1 aromatic rings. The van der Waals surface area contributed by atoms with E-state index in [1.54, 1.807) is 14.2 Å². The molecule has 1 heterocycles. The summed E-state index contributed by atoms with van der Waals surface area (Å²) in [5.41, 5.74) is 1.92. The first-order valence-electron chi connectivity index (χ1n) is 11.9. The molecule has 1 aromatic carbocycles. The van der Waals surface area contributed by atoms with E-state index in [4.69, 9.17) is 32.7 Å². The van der Waals surface area contributed by atoms with Gasteiger partial charge in [0.15, 0.2) is 26.7 Å². The molecule has 1 fully saturated rings. The number of hydrogen-bond donors (Lipinski definition) is 0. The standard InChI is InChI=1S/C25H41O7P/c1-8-30-33(31-9-2)15-18-12-19-14-21-24(3,4)22(29-17-27-7)10-11-25(21,5)32-23(19)20(13-18)28-16-26-6/h12-13,21-22H,8-11,14-17H2,1-7H3/t21-,22-,25-/m1/s1. The van der Waals surface area contributed by atoms with Crippen molar-refractivity contribution in [2.24, 2.45) is 11.3 Å². The molecule has 0 unspecified atom stereocenters. The van der Waals surface area contributed by atoms with Crippen LogP contribution in [0.2, 0.25) is 0 Å². The fourth-order valence-electron chi connectivity index (χ4n) is 5.35. The molecule has 0 aromatic heterocycles. The van der Waals surface area contributed by atoms with Crippen molar-refractivity contribution in [3.63, 3.8) is 0 Å². The highest BCUT2D eigenvalue weighted by molar-refractivity contribution is 7.46. The van der Waals surface area contributed by atoms with Gasteiger partial charge >= 0.3 is 0 Å². The lowest BCUT2D eigenvalue weighted by Gasteiger charge is -2.56. The van der Waals surface area contributed by atoms with Crippen LogP contribution in [0.1, 0.15) is 58.6 Å². The molecule has 3 atom stereocenters. The van der Waals surface area contributed by atoms with E-state index in [9.17, 15) is 0 Å². The van der Waals surface area contributed by atoms with Gasteiger partial charge in [0.1, 0.15) is 12.4 Å². The predicted molar refractivity (Wildman–Crippen MR) is 129 cm³/mol. The fourth-order valence-corrected chi connectivity index (χ4v) is 6.67. The summed E-state index contributed by atoms with van der Waals surface area (Å²) in [6.07, 6.45) is 3.57. The molecule has 1 aliphatic carbocycles. The highest BCUT2D eigenvalue weighted by Gasteiger charge is 2.55. The SMILES string of the molecule is CCOP(Cc1cc2c(c(OCOC)c1)O[C@]1(C)CC[C@@H](OCOC)C(C)(C)[C@H]1C2)OCC. The van der Waals surface area contributed by atoms with Crippen LogP contribution in [0.4, 0.5) is 0 Å². The topological polar surface area (TPSA) is 64.6 Å². The van der Waals surface area contributed by atoms with Gasteiger partial charge in [-0.25, -0.2) is 0 Å². The molecule has 188 valence electrons. The highest BCUT2D eigenvalue weighted by atomic mass is 31.2. The third-order valence-electron chi connectivity index (χ3n) is 6.90. The van der Waals surface area contributed by atoms with Crippen LogP contribution in [0.5, 0.6) is 11.5 Å². The zero-order valence-electron chi connectivity index (χ0n) is 21.3. The lowest BCUT2D eigenvalue weighted by molar-refractivity contribution is -0.185.